The van der Waals surface area contributed by atoms with E-state index in [9.17, 15) is 18.4 Å². The van der Waals surface area contributed by atoms with E-state index in [1.54, 1.807) is 20.8 Å². The largest absolute Gasteiger partial charge is 0.444 e. The summed E-state index contributed by atoms with van der Waals surface area (Å²) in [5.41, 5.74) is 0.166. The molecule has 0 spiro atoms. The fourth-order valence-electron chi connectivity index (χ4n) is 3.90. The molecule has 0 aromatic heterocycles. The highest BCUT2D eigenvalue weighted by Gasteiger charge is 2.47. The zero-order chi connectivity index (χ0) is 21.9. The summed E-state index contributed by atoms with van der Waals surface area (Å²) >= 11 is 0. The van der Waals surface area contributed by atoms with Crippen molar-refractivity contribution in [2.75, 3.05) is 19.6 Å². The van der Waals surface area contributed by atoms with Crippen LogP contribution in [-0.4, -0.2) is 65.1 Å². The number of alkyl halides is 2. The summed E-state index contributed by atoms with van der Waals surface area (Å²) in [7, 11) is 0. The number of halogens is 2. The Morgan fingerprint density at radius 1 is 1.23 bits per heavy atom. The molecule has 0 N–H and O–H groups in total. The van der Waals surface area contributed by atoms with Crippen LogP contribution < -0.4 is 0 Å². The molecule has 0 bridgehead atoms. The van der Waals surface area contributed by atoms with E-state index < -0.39 is 42.7 Å². The van der Waals surface area contributed by atoms with Crippen LogP contribution in [0.4, 0.5) is 13.6 Å². The molecule has 2 amide bonds. The number of hydrogen-bond donors (Lipinski definition) is 0. The van der Waals surface area contributed by atoms with E-state index in [4.69, 9.17) is 9.47 Å². The third-order valence-electron chi connectivity index (χ3n) is 5.20. The number of piperidine rings is 2. The van der Waals surface area contributed by atoms with Crippen LogP contribution in [0.5, 0.6) is 0 Å². The molecule has 3 rings (SSSR count). The number of carbonyl (C=O) groups is 2. The van der Waals surface area contributed by atoms with E-state index in [-0.39, 0.29) is 19.1 Å². The molecule has 0 saturated carbocycles. The van der Waals surface area contributed by atoms with Crippen molar-refractivity contribution in [2.45, 2.75) is 70.3 Å². The second-order valence-electron chi connectivity index (χ2n) is 9.03. The molecule has 1 aromatic rings. The van der Waals surface area contributed by atoms with Crippen molar-refractivity contribution in [3.63, 3.8) is 0 Å². The number of rotatable bonds is 4. The van der Waals surface area contributed by atoms with E-state index in [0.717, 1.165) is 10.5 Å². The Labute approximate surface area is 176 Å². The van der Waals surface area contributed by atoms with Crippen molar-refractivity contribution in [1.29, 1.82) is 0 Å². The smallest absolute Gasteiger partial charge is 0.410 e. The van der Waals surface area contributed by atoms with Gasteiger partial charge in [-0.3, -0.25) is 4.79 Å². The third-order valence-corrected chi connectivity index (χ3v) is 5.20. The van der Waals surface area contributed by atoms with Crippen LogP contribution in [0.25, 0.3) is 0 Å². The number of hydrogen-bond acceptors (Lipinski definition) is 4. The Kier molecular flexibility index (Phi) is 6.65. The molecule has 166 valence electrons. The molecule has 2 aliphatic heterocycles. The Bertz CT molecular complexity index is 751. The number of likely N-dealkylation sites (tertiary alicyclic amines) is 2. The summed E-state index contributed by atoms with van der Waals surface area (Å²) in [6.07, 6.45) is -0.692. The first-order chi connectivity index (χ1) is 14.0. The van der Waals surface area contributed by atoms with Crippen LogP contribution in [0.2, 0.25) is 0 Å². The summed E-state index contributed by atoms with van der Waals surface area (Å²) in [5, 5.41) is 0. The number of benzene rings is 1. The standard InChI is InChI=1S/C22H30F2N2O4/c1-21(2,3)30-20(28)25-13-17(12-22(23,24)15-25)26-11-7-10-18(19(26)27)29-14-16-8-5-4-6-9-16/h4-6,8-9,17-18H,7,10-15H2,1-3H3/t17-,18?/m1/s1. The summed E-state index contributed by atoms with van der Waals surface area (Å²) in [6.45, 7) is 5.06. The molecule has 2 saturated heterocycles. The van der Waals surface area contributed by atoms with Crippen molar-refractivity contribution < 1.29 is 27.8 Å². The Hall–Kier alpha value is -2.22. The molecule has 1 unspecified atom stereocenters. The summed E-state index contributed by atoms with van der Waals surface area (Å²) in [4.78, 5) is 27.8. The lowest BCUT2D eigenvalue weighted by Crippen LogP contribution is -2.61. The highest BCUT2D eigenvalue weighted by atomic mass is 19.3. The first-order valence-electron chi connectivity index (χ1n) is 10.4. The van der Waals surface area contributed by atoms with Gasteiger partial charge in [-0.1, -0.05) is 30.3 Å². The van der Waals surface area contributed by atoms with Gasteiger partial charge in [0.15, 0.2) is 0 Å². The van der Waals surface area contributed by atoms with Crippen LogP contribution in [-0.2, 0) is 20.9 Å². The Morgan fingerprint density at radius 3 is 2.60 bits per heavy atom. The van der Waals surface area contributed by atoms with Crippen molar-refractivity contribution in [3.8, 4) is 0 Å². The highest BCUT2D eigenvalue weighted by molar-refractivity contribution is 5.82. The second kappa shape index (κ2) is 8.88. The van der Waals surface area contributed by atoms with Gasteiger partial charge in [-0.2, -0.15) is 0 Å². The fraction of sp³-hybridized carbons (Fsp3) is 0.636. The van der Waals surface area contributed by atoms with Crippen LogP contribution in [0, 0.1) is 0 Å². The highest BCUT2D eigenvalue weighted by Crippen LogP contribution is 2.32. The van der Waals surface area contributed by atoms with Gasteiger partial charge in [-0.25, -0.2) is 13.6 Å². The van der Waals surface area contributed by atoms with Crippen molar-refractivity contribution in [2.24, 2.45) is 0 Å². The third kappa shape index (κ3) is 5.90. The maximum atomic E-state index is 14.4. The van der Waals surface area contributed by atoms with Gasteiger partial charge in [-0.05, 0) is 39.2 Å². The van der Waals surface area contributed by atoms with Crippen molar-refractivity contribution >= 4 is 12.0 Å². The normalized spacial score (nSPS) is 24.6. The molecule has 6 nitrogen and oxygen atoms in total. The van der Waals surface area contributed by atoms with Crippen LogP contribution in [0.3, 0.4) is 0 Å². The summed E-state index contributed by atoms with van der Waals surface area (Å²) < 4.78 is 39.9. The molecule has 30 heavy (non-hydrogen) atoms. The Morgan fingerprint density at radius 2 is 1.93 bits per heavy atom. The molecule has 8 heteroatoms. The number of carbonyl (C=O) groups excluding carboxylic acids is 2. The van der Waals surface area contributed by atoms with Gasteiger partial charge in [0, 0.05) is 19.5 Å². The minimum absolute atomic E-state index is 0.0294. The van der Waals surface area contributed by atoms with E-state index in [2.05, 4.69) is 0 Å². The molecule has 1 aromatic carbocycles. The van der Waals surface area contributed by atoms with Gasteiger partial charge >= 0.3 is 6.09 Å². The van der Waals surface area contributed by atoms with Gasteiger partial charge in [0.05, 0.1) is 19.2 Å². The molecule has 2 fully saturated rings. The lowest BCUT2D eigenvalue weighted by atomic mass is 9.97. The second-order valence-corrected chi connectivity index (χ2v) is 9.03. The molecular weight excluding hydrogens is 394 g/mol. The molecule has 2 aliphatic rings. The zero-order valence-corrected chi connectivity index (χ0v) is 17.8. The van der Waals surface area contributed by atoms with E-state index in [0.29, 0.717) is 19.4 Å². The lowest BCUT2D eigenvalue weighted by molar-refractivity contribution is -0.158. The predicted molar refractivity (Wildman–Crippen MR) is 107 cm³/mol. The van der Waals surface area contributed by atoms with Crippen molar-refractivity contribution in [3.05, 3.63) is 35.9 Å². The first kappa shape index (κ1) is 22.5. The average Bonchev–Trinajstić information content (AvgIpc) is 2.65. The summed E-state index contributed by atoms with van der Waals surface area (Å²) in [6, 6.07) is 8.73. The molecule has 2 atom stereocenters. The maximum Gasteiger partial charge on any atom is 0.410 e. The van der Waals surface area contributed by atoms with Gasteiger partial charge in [0.25, 0.3) is 11.8 Å². The van der Waals surface area contributed by atoms with Crippen molar-refractivity contribution in [1.82, 2.24) is 9.80 Å². The number of nitrogens with zero attached hydrogens (tertiary/aromatic N) is 2. The number of ether oxygens (including phenoxy) is 2. The first-order valence-corrected chi connectivity index (χ1v) is 10.4. The van der Waals surface area contributed by atoms with Crippen LogP contribution in [0.15, 0.2) is 30.3 Å². The van der Waals surface area contributed by atoms with E-state index in [1.165, 1.54) is 4.90 Å². The van der Waals surface area contributed by atoms with E-state index in [1.807, 2.05) is 30.3 Å². The van der Waals surface area contributed by atoms with Crippen LogP contribution in [0.1, 0.15) is 45.6 Å². The molecule has 2 heterocycles. The SMILES string of the molecule is CC(C)(C)OC(=O)N1C[C@H](N2CCCC(OCc3ccccc3)C2=O)CC(F)(F)C1. The maximum absolute atomic E-state index is 14.4. The zero-order valence-electron chi connectivity index (χ0n) is 17.8. The van der Waals surface area contributed by atoms with Gasteiger partial charge in [-0.15, -0.1) is 0 Å². The average molecular weight is 424 g/mol. The minimum Gasteiger partial charge on any atom is -0.444 e. The monoisotopic (exact) mass is 424 g/mol. The lowest BCUT2D eigenvalue weighted by Gasteiger charge is -2.44. The van der Waals surface area contributed by atoms with Crippen LogP contribution >= 0.6 is 0 Å². The summed E-state index contributed by atoms with van der Waals surface area (Å²) in [5.74, 6) is -3.37. The fourth-order valence-corrected chi connectivity index (χ4v) is 3.90. The topological polar surface area (TPSA) is 59.1 Å². The Balaban J connectivity index is 1.66. The molecule has 0 radical (unpaired) electrons. The van der Waals surface area contributed by atoms with E-state index >= 15 is 0 Å². The van der Waals surface area contributed by atoms with Gasteiger partial charge in [0.1, 0.15) is 11.7 Å². The molecule has 0 aliphatic carbocycles. The van der Waals surface area contributed by atoms with Gasteiger partial charge in [0.2, 0.25) is 0 Å². The molecular formula is C22H30F2N2O4. The van der Waals surface area contributed by atoms with Gasteiger partial charge < -0.3 is 19.3 Å². The minimum atomic E-state index is -3.09. The quantitative estimate of drug-likeness (QED) is 0.737. The predicted octanol–water partition coefficient (Wildman–Crippen LogP) is 3.84. The number of amides is 2.